The average molecular weight is 415 g/mol. The van der Waals surface area contributed by atoms with Crippen molar-refractivity contribution < 1.29 is 35.9 Å². The van der Waals surface area contributed by atoms with Crippen LogP contribution in [0.25, 0.3) is 0 Å². The summed E-state index contributed by atoms with van der Waals surface area (Å²) in [4.78, 5) is 12.8. The Balaban J connectivity index is 3.65. The molecule has 1 aliphatic rings. The van der Waals surface area contributed by atoms with Gasteiger partial charge in [0.05, 0.1) is 62.8 Å². The van der Waals surface area contributed by atoms with Crippen LogP contribution in [0.3, 0.4) is 0 Å². The molecule has 0 atom stereocenters. The molecule has 0 N–H and O–H groups in total. The van der Waals surface area contributed by atoms with E-state index >= 15 is 0 Å². The molecule has 1 fully saturated rings. The maximum absolute atomic E-state index is 12.8. The first-order chi connectivity index (χ1) is 12.7. The molecule has 18 heteroatoms. The highest BCUT2D eigenvalue weighted by Gasteiger charge is 2.66. The maximum atomic E-state index is 12.8. The lowest BCUT2D eigenvalue weighted by molar-refractivity contribution is -0.309. The maximum Gasteiger partial charge on any atom is 0.434 e. The molecule has 0 unspecified atom stereocenters. The normalized spacial score (nSPS) is 23.9. The molecule has 16 radical (unpaired) electrons. The fraction of sp³-hybridized carbons (Fsp3) is 0.917. The molecule has 30 heavy (non-hydrogen) atoms. The number of carbonyl (C=O) groups is 1. The van der Waals surface area contributed by atoms with Crippen LogP contribution in [-0.2, 0) is 4.74 Å². The van der Waals surface area contributed by atoms with Gasteiger partial charge in [0.15, 0.2) is 0 Å². The number of carbonyl (C=O) groups excluding carboxylic acids is 1. The topological polar surface area (TPSA) is 32.8 Å². The minimum Gasteiger partial charge on any atom is -0.427 e. The summed E-state index contributed by atoms with van der Waals surface area (Å²) in [5.74, 6) is 0. The van der Waals surface area contributed by atoms with E-state index in [0.29, 0.717) is 0 Å². The first kappa shape index (κ1) is 27.4. The summed E-state index contributed by atoms with van der Waals surface area (Å²) in [7, 11) is 46.6. The van der Waals surface area contributed by atoms with Crippen molar-refractivity contribution in [1.82, 2.24) is 9.80 Å². The number of piperazine rings is 1. The van der Waals surface area contributed by atoms with Crippen LogP contribution in [0.2, 0.25) is 0 Å². The summed E-state index contributed by atoms with van der Waals surface area (Å²) in [6, 6.07) is 0. The van der Waals surface area contributed by atoms with Crippen molar-refractivity contribution >= 4 is 68.9 Å². The first-order valence-electron chi connectivity index (χ1n) is 8.01. The molecule has 1 amide bonds. The van der Waals surface area contributed by atoms with Crippen LogP contribution in [0, 0.1) is 0 Å². The van der Waals surface area contributed by atoms with Crippen LogP contribution in [-0.4, -0.2) is 124 Å². The molecule has 1 saturated heterocycles. The number of nitrogens with zero attached hydrogens (tertiary/aromatic N) is 2. The smallest absolute Gasteiger partial charge is 0.427 e. The monoisotopic (exact) mass is 416 g/mol. The summed E-state index contributed by atoms with van der Waals surface area (Å²) in [5, 5.41) is -11.5. The Labute approximate surface area is 181 Å². The Kier molecular flexibility index (Phi) is 6.54. The van der Waals surface area contributed by atoms with Crippen LogP contribution in [0.5, 0.6) is 0 Å². The molecule has 0 aromatic carbocycles. The first-order valence-corrected chi connectivity index (χ1v) is 8.01. The molecule has 0 aromatic heterocycles. The fourth-order valence-corrected chi connectivity index (χ4v) is 3.21. The van der Waals surface area contributed by atoms with Crippen molar-refractivity contribution in [2.45, 2.75) is 66.1 Å². The zero-order valence-electron chi connectivity index (χ0n) is 16.2. The van der Waals surface area contributed by atoms with Gasteiger partial charge < -0.3 is 14.5 Å². The van der Waals surface area contributed by atoms with E-state index in [1.807, 2.05) is 0 Å². The van der Waals surface area contributed by atoms with Crippen LogP contribution in [0.15, 0.2) is 0 Å². The molecule has 0 aliphatic carbocycles. The SMILES string of the molecule is [B]C1([B])N(C(=O)OC(C(F)(F)F)C(F)(F)F)C([B])([B])C([B])([B])N(C(C)(C)C)C1([B])[B]. The Morgan fingerprint density at radius 2 is 1.03 bits per heavy atom. The van der Waals surface area contributed by atoms with Crippen molar-refractivity contribution in [2.24, 2.45) is 0 Å². The predicted molar refractivity (Wildman–Crippen MR) is 103 cm³/mol. The van der Waals surface area contributed by atoms with Gasteiger partial charge in [0.1, 0.15) is 0 Å². The quantitative estimate of drug-likeness (QED) is 0.407. The van der Waals surface area contributed by atoms with Gasteiger partial charge in [0.2, 0.25) is 0 Å². The second-order valence-electron chi connectivity index (χ2n) is 7.99. The average Bonchev–Trinajstić information content (AvgIpc) is 2.37. The highest BCUT2D eigenvalue weighted by molar-refractivity contribution is 6.60. The van der Waals surface area contributed by atoms with Gasteiger partial charge in [-0.15, -0.1) is 0 Å². The summed E-state index contributed by atoms with van der Waals surface area (Å²) in [5.41, 5.74) is -1.24. The van der Waals surface area contributed by atoms with E-state index < -0.39 is 51.4 Å². The van der Waals surface area contributed by atoms with Gasteiger partial charge in [0, 0.05) is 5.54 Å². The third-order valence-electron chi connectivity index (χ3n) is 4.43. The minimum absolute atomic E-state index is 0.354. The van der Waals surface area contributed by atoms with Crippen molar-refractivity contribution in [3.05, 3.63) is 0 Å². The molecule has 146 valence electrons. The van der Waals surface area contributed by atoms with E-state index in [1.54, 1.807) is 0 Å². The minimum atomic E-state index is -6.07. The number of halogens is 6. The molecular weight excluding hydrogens is 405 g/mol. The van der Waals surface area contributed by atoms with Gasteiger partial charge in [0.25, 0.3) is 6.10 Å². The van der Waals surface area contributed by atoms with Crippen LogP contribution < -0.4 is 0 Å². The van der Waals surface area contributed by atoms with E-state index in [9.17, 15) is 31.1 Å². The molecule has 0 bridgehead atoms. The number of hydrogen-bond acceptors (Lipinski definition) is 3. The standard InChI is InChI=1S/C12H10B8F6N2O2/c1-6(2,3)28-11(17,18)9(13,14)27(10(15,16)12(28,19)20)5(29)30-4(7(21,22)23)8(24,25)26/h4H,1-3H3. The number of alkyl halides is 6. The zero-order chi connectivity index (χ0) is 24.5. The van der Waals surface area contributed by atoms with Crippen molar-refractivity contribution in [3.63, 3.8) is 0 Å². The van der Waals surface area contributed by atoms with E-state index in [4.69, 9.17) is 62.8 Å². The van der Waals surface area contributed by atoms with E-state index in [0.717, 1.165) is 4.90 Å². The number of rotatable bonds is 1. The number of hydrogen-bond donors (Lipinski definition) is 0. The third-order valence-corrected chi connectivity index (χ3v) is 4.43. The molecule has 1 rings (SSSR count). The summed E-state index contributed by atoms with van der Waals surface area (Å²) in [6.45, 7) is 4.29. The molecule has 4 nitrogen and oxygen atoms in total. The zero-order valence-corrected chi connectivity index (χ0v) is 16.2. The van der Waals surface area contributed by atoms with E-state index in [2.05, 4.69) is 4.74 Å². The van der Waals surface area contributed by atoms with Crippen molar-refractivity contribution in [2.75, 3.05) is 0 Å². The van der Waals surface area contributed by atoms with Gasteiger partial charge in [-0.05, 0) is 42.1 Å². The summed E-state index contributed by atoms with van der Waals surface area (Å²) < 4.78 is 80.4. The number of amides is 1. The van der Waals surface area contributed by atoms with Gasteiger partial charge in [-0.3, -0.25) is 0 Å². The molecular formula is C12H10B8F6N2O2. The Morgan fingerprint density at radius 3 is 1.27 bits per heavy atom. The van der Waals surface area contributed by atoms with Crippen molar-refractivity contribution in [3.8, 4) is 0 Å². The second-order valence-corrected chi connectivity index (χ2v) is 7.99. The fourth-order valence-electron chi connectivity index (χ4n) is 3.21. The van der Waals surface area contributed by atoms with Crippen LogP contribution >= 0.6 is 0 Å². The Hall–Kier alpha value is -0.671. The summed E-state index contributed by atoms with van der Waals surface area (Å²) in [6.07, 6.45) is -19.2. The number of ether oxygens (including phenoxy) is 1. The lowest BCUT2D eigenvalue weighted by Gasteiger charge is -2.77. The highest BCUT2D eigenvalue weighted by Crippen LogP contribution is 2.47. The van der Waals surface area contributed by atoms with Gasteiger partial charge in [-0.1, -0.05) is 0 Å². The summed E-state index contributed by atoms with van der Waals surface area (Å²) >= 11 is 0. The van der Waals surface area contributed by atoms with Gasteiger partial charge >= 0.3 is 18.4 Å². The van der Waals surface area contributed by atoms with Crippen LogP contribution in [0.1, 0.15) is 20.8 Å². The third kappa shape index (κ3) is 4.18. The predicted octanol–water partition coefficient (Wildman–Crippen LogP) is -1.00. The lowest BCUT2D eigenvalue weighted by atomic mass is 9.26. The van der Waals surface area contributed by atoms with Gasteiger partial charge in [-0.25, -0.2) is 4.79 Å². The molecule has 1 heterocycles. The van der Waals surface area contributed by atoms with Crippen molar-refractivity contribution in [1.29, 1.82) is 0 Å². The molecule has 0 spiro atoms. The molecule has 1 aliphatic heterocycles. The molecule has 0 saturated carbocycles. The Morgan fingerprint density at radius 1 is 0.733 bits per heavy atom. The molecule has 0 aromatic rings. The Bertz CT molecular complexity index is 650. The largest absolute Gasteiger partial charge is 0.434 e. The highest BCUT2D eigenvalue weighted by atomic mass is 19.4. The van der Waals surface area contributed by atoms with E-state index in [1.165, 1.54) is 20.8 Å². The van der Waals surface area contributed by atoms with E-state index in [-0.39, 0.29) is 4.90 Å². The van der Waals surface area contributed by atoms with Gasteiger partial charge in [-0.2, -0.15) is 26.3 Å². The van der Waals surface area contributed by atoms with Crippen LogP contribution in [0.4, 0.5) is 31.1 Å². The second kappa shape index (κ2) is 7.17. The lowest BCUT2D eigenvalue weighted by Crippen LogP contribution is -2.94.